The first-order valence-corrected chi connectivity index (χ1v) is 8.97. The van der Waals surface area contributed by atoms with Gasteiger partial charge in [-0.2, -0.15) is 0 Å². The average Bonchev–Trinajstić information content (AvgIpc) is 1.99. The van der Waals surface area contributed by atoms with E-state index in [1.807, 2.05) is 6.92 Å². The third-order valence-electron chi connectivity index (χ3n) is 3.34. The first kappa shape index (κ1) is 15.9. The molecule has 0 aromatic heterocycles. The van der Waals surface area contributed by atoms with Gasteiger partial charge in [-0.15, -0.1) is 6.58 Å². The van der Waals surface area contributed by atoms with Gasteiger partial charge in [0, 0.05) is 6.10 Å². The molecule has 0 aromatic carbocycles. The topological polar surface area (TPSA) is 29.5 Å². The van der Waals surface area contributed by atoms with Gasteiger partial charge in [-0.25, -0.2) is 0 Å². The Kier molecular flexibility index (Phi) is 5.94. The van der Waals surface area contributed by atoms with E-state index in [4.69, 9.17) is 4.43 Å². The van der Waals surface area contributed by atoms with Gasteiger partial charge in [-0.3, -0.25) is 0 Å². The van der Waals surface area contributed by atoms with Gasteiger partial charge >= 0.3 is 0 Å². The van der Waals surface area contributed by atoms with E-state index in [9.17, 15) is 5.11 Å². The van der Waals surface area contributed by atoms with Gasteiger partial charge < -0.3 is 9.53 Å². The van der Waals surface area contributed by atoms with Gasteiger partial charge in [-0.05, 0) is 37.9 Å². The normalized spacial score (nSPS) is 16.9. The van der Waals surface area contributed by atoms with Crippen LogP contribution in [0.4, 0.5) is 0 Å². The first-order chi connectivity index (χ1) is 7.10. The highest BCUT2D eigenvalue weighted by atomic mass is 28.4. The number of hydrogen-bond acceptors (Lipinski definition) is 2. The van der Waals surface area contributed by atoms with Crippen LogP contribution < -0.4 is 0 Å². The lowest BCUT2D eigenvalue weighted by atomic mass is 10.1. The first-order valence-electron chi connectivity index (χ1n) is 6.07. The van der Waals surface area contributed by atoms with E-state index in [1.165, 1.54) is 0 Å². The van der Waals surface area contributed by atoms with E-state index in [2.05, 4.69) is 40.4 Å². The van der Waals surface area contributed by atoms with Gasteiger partial charge in [0.15, 0.2) is 8.32 Å². The van der Waals surface area contributed by atoms with E-state index in [1.54, 1.807) is 6.08 Å². The van der Waals surface area contributed by atoms with E-state index in [0.29, 0.717) is 12.8 Å². The van der Waals surface area contributed by atoms with Crippen molar-refractivity contribution in [3.05, 3.63) is 12.7 Å². The molecule has 0 saturated carbocycles. The molecule has 0 radical (unpaired) electrons. The Morgan fingerprint density at radius 1 is 1.38 bits per heavy atom. The Bertz CT molecular complexity index is 218. The second kappa shape index (κ2) is 5.99. The monoisotopic (exact) mass is 244 g/mol. The molecule has 1 N–H and O–H groups in total. The standard InChI is InChI=1S/C13H28O2Si/c1-8-9-12(14)10-11(2)15-16(6,7)13(3,4)5/h8,11-12,14H,1,9-10H2,2-7H3/t11-,12+/m0/s1. The van der Waals surface area contributed by atoms with Crippen molar-refractivity contribution >= 4 is 8.32 Å². The molecule has 0 amide bonds. The molecule has 16 heavy (non-hydrogen) atoms. The number of aliphatic hydroxyl groups is 1. The minimum absolute atomic E-state index is 0.121. The molecular weight excluding hydrogens is 216 g/mol. The molecule has 0 heterocycles. The van der Waals surface area contributed by atoms with Gasteiger partial charge in [-0.1, -0.05) is 26.8 Å². The van der Waals surface area contributed by atoms with Crippen LogP contribution in [0, 0.1) is 0 Å². The van der Waals surface area contributed by atoms with Crippen LogP contribution >= 0.6 is 0 Å². The number of hydrogen-bond donors (Lipinski definition) is 1. The molecule has 0 saturated heterocycles. The molecule has 0 bridgehead atoms. The molecular formula is C13H28O2Si. The third kappa shape index (κ3) is 5.28. The Balaban J connectivity index is 4.23. The Labute approximate surface area is 102 Å². The van der Waals surface area contributed by atoms with Crippen LogP contribution in [-0.4, -0.2) is 25.6 Å². The maximum absolute atomic E-state index is 9.68. The SMILES string of the molecule is C=CC[C@@H](O)C[C@H](C)O[Si](C)(C)C(C)(C)C. The Morgan fingerprint density at radius 3 is 2.25 bits per heavy atom. The average molecular weight is 244 g/mol. The molecule has 3 heteroatoms. The van der Waals surface area contributed by atoms with Crippen LogP contribution in [0.25, 0.3) is 0 Å². The second-order valence-corrected chi connectivity index (χ2v) is 10.9. The lowest BCUT2D eigenvalue weighted by molar-refractivity contribution is 0.0974. The van der Waals surface area contributed by atoms with Crippen molar-refractivity contribution in [2.75, 3.05) is 0 Å². The van der Waals surface area contributed by atoms with Crippen molar-refractivity contribution < 1.29 is 9.53 Å². The highest BCUT2D eigenvalue weighted by Gasteiger charge is 2.38. The molecule has 2 atom stereocenters. The van der Waals surface area contributed by atoms with E-state index in [-0.39, 0.29) is 17.2 Å². The zero-order valence-electron chi connectivity index (χ0n) is 11.7. The molecule has 0 rings (SSSR count). The van der Waals surface area contributed by atoms with Crippen LogP contribution in [0.3, 0.4) is 0 Å². The molecule has 2 nitrogen and oxygen atoms in total. The molecule has 0 fully saturated rings. The summed E-state index contributed by atoms with van der Waals surface area (Å²) < 4.78 is 6.16. The summed E-state index contributed by atoms with van der Waals surface area (Å²) in [7, 11) is -1.69. The van der Waals surface area contributed by atoms with Crippen LogP contribution in [0.2, 0.25) is 18.1 Å². The summed E-state index contributed by atoms with van der Waals surface area (Å²) in [5.74, 6) is 0. The summed E-state index contributed by atoms with van der Waals surface area (Å²) in [6, 6.07) is 0. The summed E-state index contributed by atoms with van der Waals surface area (Å²) in [6.45, 7) is 16.8. The third-order valence-corrected chi connectivity index (χ3v) is 7.95. The van der Waals surface area contributed by atoms with Crippen molar-refractivity contribution in [3.8, 4) is 0 Å². The summed E-state index contributed by atoms with van der Waals surface area (Å²) in [4.78, 5) is 0. The lowest BCUT2D eigenvalue weighted by Gasteiger charge is -2.38. The molecule has 0 unspecified atom stereocenters. The van der Waals surface area contributed by atoms with Gasteiger partial charge in [0.2, 0.25) is 0 Å². The van der Waals surface area contributed by atoms with Crippen molar-refractivity contribution in [2.24, 2.45) is 0 Å². The smallest absolute Gasteiger partial charge is 0.192 e. The van der Waals surface area contributed by atoms with Gasteiger partial charge in [0.05, 0.1) is 6.10 Å². The highest BCUT2D eigenvalue weighted by molar-refractivity contribution is 6.74. The minimum atomic E-state index is -1.69. The van der Waals surface area contributed by atoms with Crippen LogP contribution in [0.5, 0.6) is 0 Å². The fourth-order valence-corrected chi connectivity index (χ4v) is 2.86. The minimum Gasteiger partial charge on any atom is -0.414 e. The largest absolute Gasteiger partial charge is 0.414 e. The molecule has 0 aliphatic carbocycles. The molecule has 96 valence electrons. The second-order valence-electron chi connectivity index (χ2n) is 6.10. The molecule has 0 aliphatic heterocycles. The quantitative estimate of drug-likeness (QED) is 0.570. The van der Waals surface area contributed by atoms with Gasteiger partial charge in [0.1, 0.15) is 0 Å². The van der Waals surface area contributed by atoms with Crippen LogP contribution in [-0.2, 0) is 4.43 Å². The van der Waals surface area contributed by atoms with Crippen molar-refractivity contribution in [1.29, 1.82) is 0 Å². The molecule has 0 aliphatic rings. The number of rotatable bonds is 6. The summed E-state index contributed by atoms with van der Waals surface area (Å²) in [5.41, 5.74) is 0. The summed E-state index contributed by atoms with van der Waals surface area (Å²) in [5, 5.41) is 9.91. The van der Waals surface area contributed by atoms with E-state index in [0.717, 1.165) is 0 Å². The number of aliphatic hydroxyl groups excluding tert-OH is 1. The predicted octanol–water partition coefficient (Wildman–Crippen LogP) is 3.72. The highest BCUT2D eigenvalue weighted by Crippen LogP contribution is 2.37. The van der Waals surface area contributed by atoms with Crippen molar-refractivity contribution in [2.45, 2.75) is 70.9 Å². The molecule has 0 aromatic rings. The fourth-order valence-electron chi connectivity index (χ4n) is 1.40. The Morgan fingerprint density at radius 2 is 1.88 bits per heavy atom. The maximum atomic E-state index is 9.68. The Hall–Kier alpha value is -0.123. The lowest BCUT2D eigenvalue weighted by Crippen LogP contribution is -2.43. The van der Waals surface area contributed by atoms with Crippen molar-refractivity contribution in [1.82, 2.24) is 0 Å². The van der Waals surface area contributed by atoms with E-state index < -0.39 is 8.32 Å². The van der Waals surface area contributed by atoms with Crippen molar-refractivity contribution in [3.63, 3.8) is 0 Å². The zero-order valence-corrected chi connectivity index (χ0v) is 12.7. The summed E-state index contributed by atoms with van der Waals surface area (Å²) in [6.07, 6.45) is 2.89. The fraction of sp³-hybridized carbons (Fsp3) is 0.846. The maximum Gasteiger partial charge on any atom is 0.192 e. The van der Waals surface area contributed by atoms with Crippen LogP contribution in [0.1, 0.15) is 40.5 Å². The zero-order chi connectivity index (χ0) is 13.0. The van der Waals surface area contributed by atoms with Gasteiger partial charge in [0.25, 0.3) is 0 Å². The molecule has 0 spiro atoms. The predicted molar refractivity (Wildman–Crippen MR) is 73.2 cm³/mol. The van der Waals surface area contributed by atoms with Crippen LogP contribution in [0.15, 0.2) is 12.7 Å². The summed E-state index contributed by atoms with van der Waals surface area (Å²) >= 11 is 0. The van der Waals surface area contributed by atoms with E-state index >= 15 is 0 Å².